The van der Waals surface area contributed by atoms with Gasteiger partial charge in [-0.2, -0.15) is 4.31 Å². The molecule has 0 aromatic carbocycles. The molecule has 0 N–H and O–H groups in total. The normalized spacial score (nSPS) is 19.6. The monoisotopic (exact) mass is 309 g/mol. The van der Waals surface area contributed by atoms with E-state index in [9.17, 15) is 8.42 Å². The minimum Gasteiger partial charge on any atom is -0.306 e. The van der Waals surface area contributed by atoms with Crippen molar-refractivity contribution in [1.82, 2.24) is 14.2 Å². The van der Waals surface area contributed by atoms with Crippen molar-refractivity contribution < 1.29 is 8.42 Å². The highest BCUT2D eigenvalue weighted by Crippen LogP contribution is 2.27. The smallest absolute Gasteiger partial charge is 0.254 e. The molecule has 0 bridgehead atoms. The highest BCUT2D eigenvalue weighted by Gasteiger charge is 2.31. The van der Waals surface area contributed by atoms with Crippen LogP contribution in [0.2, 0.25) is 4.47 Å². The standard InChI is InChI=1S/C10H16ClN3O2S2/c1-13(2)8-3-5-14(6-4-8)18(15,16)9-7-12-10(11)17-9/h7-8H,3-6H2,1-2H3. The zero-order chi connectivity index (χ0) is 13.3. The molecule has 1 aromatic heterocycles. The molecule has 0 spiro atoms. The third-order valence-corrected chi connectivity index (χ3v) is 6.65. The molecular formula is C10H16ClN3O2S2. The van der Waals surface area contributed by atoms with Crippen LogP contribution >= 0.6 is 22.9 Å². The van der Waals surface area contributed by atoms with Gasteiger partial charge in [0.1, 0.15) is 0 Å². The maximum Gasteiger partial charge on any atom is 0.254 e. The van der Waals surface area contributed by atoms with Crippen molar-refractivity contribution in [3.63, 3.8) is 0 Å². The van der Waals surface area contributed by atoms with E-state index in [-0.39, 0.29) is 8.68 Å². The van der Waals surface area contributed by atoms with Gasteiger partial charge in [0.15, 0.2) is 8.68 Å². The van der Waals surface area contributed by atoms with E-state index in [1.807, 2.05) is 14.1 Å². The van der Waals surface area contributed by atoms with Crippen LogP contribution in [0.15, 0.2) is 10.4 Å². The van der Waals surface area contributed by atoms with Crippen molar-refractivity contribution in [3.05, 3.63) is 10.7 Å². The lowest BCUT2D eigenvalue weighted by Gasteiger charge is -2.34. The van der Waals surface area contributed by atoms with Gasteiger partial charge in [-0.3, -0.25) is 0 Å². The summed E-state index contributed by atoms with van der Waals surface area (Å²) < 4.78 is 26.6. The number of thiazole rings is 1. The first-order valence-electron chi connectivity index (χ1n) is 5.69. The van der Waals surface area contributed by atoms with Crippen LogP contribution < -0.4 is 0 Å². The molecule has 1 aliphatic rings. The third-order valence-electron chi connectivity index (χ3n) is 3.20. The molecule has 1 aliphatic heterocycles. The van der Waals surface area contributed by atoms with E-state index < -0.39 is 10.0 Å². The summed E-state index contributed by atoms with van der Waals surface area (Å²) in [4.78, 5) is 5.94. The van der Waals surface area contributed by atoms with E-state index in [0.29, 0.717) is 19.1 Å². The average Bonchev–Trinajstić information content (AvgIpc) is 2.76. The maximum atomic E-state index is 12.3. The number of hydrogen-bond acceptors (Lipinski definition) is 5. The van der Waals surface area contributed by atoms with Crippen LogP contribution in [-0.4, -0.2) is 55.8 Å². The zero-order valence-electron chi connectivity index (χ0n) is 10.3. The Labute approximate surface area is 116 Å². The van der Waals surface area contributed by atoms with Crippen molar-refractivity contribution in [2.45, 2.75) is 23.1 Å². The molecule has 2 rings (SSSR count). The van der Waals surface area contributed by atoms with Gasteiger partial charge in [-0.15, -0.1) is 0 Å². The van der Waals surface area contributed by atoms with Gasteiger partial charge in [0, 0.05) is 19.1 Å². The number of aromatic nitrogens is 1. The molecule has 0 amide bonds. The van der Waals surface area contributed by atoms with Crippen molar-refractivity contribution in [3.8, 4) is 0 Å². The van der Waals surface area contributed by atoms with Crippen molar-refractivity contribution in [2.24, 2.45) is 0 Å². The van der Waals surface area contributed by atoms with Crippen molar-refractivity contribution in [2.75, 3.05) is 27.2 Å². The number of rotatable bonds is 3. The summed E-state index contributed by atoms with van der Waals surface area (Å²) in [7, 11) is 0.647. The summed E-state index contributed by atoms with van der Waals surface area (Å²) in [6.07, 6.45) is 3.05. The first kappa shape index (κ1) is 14.2. The van der Waals surface area contributed by atoms with Crippen LogP contribution in [0.1, 0.15) is 12.8 Å². The molecule has 0 saturated carbocycles. The van der Waals surface area contributed by atoms with Gasteiger partial charge in [-0.05, 0) is 26.9 Å². The number of sulfonamides is 1. The highest BCUT2D eigenvalue weighted by molar-refractivity contribution is 7.91. The number of nitrogens with zero attached hydrogens (tertiary/aromatic N) is 3. The van der Waals surface area contributed by atoms with Crippen LogP contribution in [-0.2, 0) is 10.0 Å². The van der Waals surface area contributed by atoms with E-state index in [1.165, 1.54) is 10.5 Å². The number of hydrogen-bond donors (Lipinski definition) is 0. The molecule has 2 heterocycles. The zero-order valence-corrected chi connectivity index (χ0v) is 12.7. The third kappa shape index (κ3) is 2.85. The van der Waals surface area contributed by atoms with E-state index in [2.05, 4.69) is 9.88 Å². The van der Waals surface area contributed by atoms with Gasteiger partial charge in [0.25, 0.3) is 10.0 Å². The summed E-state index contributed by atoms with van der Waals surface area (Å²) in [6, 6.07) is 0.460. The quantitative estimate of drug-likeness (QED) is 0.849. The van der Waals surface area contributed by atoms with Gasteiger partial charge in [-0.1, -0.05) is 22.9 Å². The predicted molar refractivity (Wildman–Crippen MR) is 72.6 cm³/mol. The van der Waals surface area contributed by atoms with Gasteiger partial charge in [0.05, 0.1) is 6.20 Å². The molecule has 0 atom stereocenters. The number of halogens is 1. The fourth-order valence-corrected chi connectivity index (χ4v) is 5.00. The molecule has 0 radical (unpaired) electrons. The Hall–Kier alpha value is -0.210. The molecule has 8 heteroatoms. The Balaban J connectivity index is 2.09. The minimum absolute atomic E-state index is 0.232. The van der Waals surface area contributed by atoms with Crippen molar-refractivity contribution >= 4 is 33.0 Å². The largest absolute Gasteiger partial charge is 0.306 e. The van der Waals surface area contributed by atoms with Gasteiger partial charge < -0.3 is 4.90 Å². The molecule has 18 heavy (non-hydrogen) atoms. The Morgan fingerprint density at radius 3 is 2.50 bits per heavy atom. The van der Waals surface area contributed by atoms with Gasteiger partial charge >= 0.3 is 0 Å². The molecule has 5 nitrogen and oxygen atoms in total. The van der Waals surface area contributed by atoms with Crippen molar-refractivity contribution in [1.29, 1.82) is 0 Å². The second-order valence-electron chi connectivity index (χ2n) is 4.53. The Bertz CT molecular complexity index is 507. The van der Waals surface area contributed by atoms with Crippen LogP contribution in [0.5, 0.6) is 0 Å². The molecule has 1 fully saturated rings. The topological polar surface area (TPSA) is 53.5 Å². The maximum absolute atomic E-state index is 12.3. The molecule has 102 valence electrons. The first-order chi connectivity index (χ1) is 8.41. The first-order valence-corrected chi connectivity index (χ1v) is 8.32. The summed E-state index contributed by atoms with van der Waals surface area (Å²) in [5, 5.41) is 0. The van der Waals surface area contributed by atoms with E-state index in [4.69, 9.17) is 11.6 Å². The number of piperidine rings is 1. The molecular weight excluding hydrogens is 294 g/mol. The summed E-state index contributed by atoms with van der Waals surface area (Å²) in [5.74, 6) is 0. The lowest BCUT2D eigenvalue weighted by atomic mass is 10.1. The second kappa shape index (κ2) is 5.42. The molecule has 0 unspecified atom stereocenters. The van der Waals surface area contributed by atoms with Crippen LogP contribution in [0, 0.1) is 0 Å². The van der Waals surface area contributed by atoms with Gasteiger partial charge in [-0.25, -0.2) is 13.4 Å². The summed E-state index contributed by atoms with van der Waals surface area (Å²) in [5.41, 5.74) is 0. The fourth-order valence-electron chi connectivity index (χ4n) is 2.08. The van der Waals surface area contributed by atoms with Crippen LogP contribution in [0.3, 0.4) is 0 Å². The highest BCUT2D eigenvalue weighted by atomic mass is 35.5. The SMILES string of the molecule is CN(C)C1CCN(S(=O)(=O)c2cnc(Cl)s2)CC1. The minimum atomic E-state index is -3.40. The van der Waals surface area contributed by atoms with Crippen LogP contribution in [0.4, 0.5) is 0 Å². The van der Waals surface area contributed by atoms with E-state index in [0.717, 1.165) is 24.2 Å². The van der Waals surface area contributed by atoms with E-state index >= 15 is 0 Å². The van der Waals surface area contributed by atoms with Gasteiger partial charge in [0.2, 0.25) is 0 Å². The Morgan fingerprint density at radius 2 is 2.06 bits per heavy atom. The molecule has 1 saturated heterocycles. The molecule has 0 aliphatic carbocycles. The fraction of sp³-hybridized carbons (Fsp3) is 0.700. The van der Waals surface area contributed by atoms with E-state index in [1.54, 1.807) is 0 Å². The Morgan fingerprint density at radius 1 is 1.44 bits per heavy atom. The lowest BCUT2D eigenvalue weighted by Crippen LogP contribution is -2.44. The second-order valence-corrected chi connectivity index (χ2v) is 8.31. The predicted octanol–water partition coefficient (Wildman–Crippen LogP) is 1.51. The summed E-state index contributed by atoms with van der Waals surface area (Å²) >= 11 is 6.70. The summed E-state index contributed by atoms with van der Waals surface area (Å²) in [6.45, 7) is 1.11. The molecule has 1 aromatic rings. The lowest BCUT2D eigenvalue weighted by molar-refractivity contribution is 0.197. The average molecular weight is 310 g/mol. The Kier molecular flexibility index (Phi) is 4.28. The van der Waals surface area contributed by atoms with Crippen LogP contribution in [0.25, 0.3) is 0 Å².